The standard InChI is InChI=1S/C12H24N2/c1-5-9-12(6-2)13-10-11-14(7-3)8-4/h1,12-13H,6-11H2,2-4H3. The van der Waals surface area contributed by atoms with Gasteiger partial charge in [-0.1, -0.05) is 20.8 Å². The van der Waals surface area contributed by atoms with E-state index in [1.54, 1.807) is 0 Å². The first-order valence-electron chi connectivity index (χ1n) is 5.67. The Labute approximate surface area is 89.1 Å². The fourth-order valence-electron chi connectivity index (χ4n) is 1.47. The first-order chi connectivity index (χ1) is 6.78. The van der Waals surface area contributed by atoms with Crippen LogP contribution < -0.4 is 5.32 Å². The zero-order valence-electron chi connectivity index (χ0n) is 9.84. The summed E-state index contributed by atoms with van der Waals surface area (Å²) in [5.41, 5.74) is 0. The van der Waals surface area contributed by atoms with Crippen molar-refractivity contribution in [2.24, 2.45) is 0 Å². The normalized spacial score (nSPS) is 12.8. The van der Waals surface area contributed by atoms with Crippen LogP contribution in [0.15, 0.2) is 0 Å². The molecule has 0 radical (unpaired) electrons. The molecule has 2 heteroatoms. The average Bonchev–Trinajstić information content (AvgIpc) is 2.23. The van der Waals surface area contributed by atoms with Gasteiger partial charge in [0.05, 0.1) is 0 Å². The highest BCUT2D eigenvalue weighted by Crippen LogP contribution is 1.95. The summed E-state index contributed by atoms with van der Waals surface area (Å²) in [6.07, 6.45) is 7.24. The van der Waals surface area contributed by atoms with Crippen LogP contribution in [-0.4, -0.2) is 37.1 Å². The molecule has 14 heavy (non-hydrogen) atoms. The lowest BCUT2D eigenvalue weighted by molar-refractivity contribution is 0.295. The maximum Gasteiger partial charge on any atom is 0.0240 e. The number of terminal acetylenes is 1. The molecule has 0 rings (SSSR count). The molecular formula is C12H24N2. The van der Waals surface area contributed by atoms with Crippen LogP contribution in [0, 0.1) is 12.3 Å². The SMILES string of the molecule is C#CCC(CC)NCCN(CC)CC. The number of nitrogens with zero attached hydrogens (tertiary/aromatic N) is 1. The molecule has 0 aliphatic rings. The van der Waals surface area contributed by atoms with Gasteiger partial charge in [-0.25, -0.2) is 0 Å². The van der Waals surface area contributed by atoms with E-state index in [9.17, 15) is 0 Å². The Balaban J connectivity index is 3.55. The number of nitrogens with one attached hydrogen (secondary N) is 1. The van der Waals surface area contributed by atoms with Gasteiger partial charge in [0.1, 0.15) is 0 Å². The van der Waals surface area contributed by atoms with Gasteiger partial charge in [0, 0.05) is 25.6 Å². The van der Waals surface area contributed by atoms with Gasteiger partial charge in [-0.05, 0) is 19.5 Å². The monoisotopic (exact) mass is 196 g/mol. The van der Waals surface area contributed by atoms with Crippen molar-refractivity contribution in [2.75, 3.05) is 26.2 Å². The summed E-state index contributed by atoms with van der Waals surface area (Å²) in [6, 6.07) is 0.496. The van der Waals surface area contributed by atoms with E-state index in [1.807, 2.05) is 0 Å². The first kappa shape index (κ1) is 13.5. The van der Waals surface area contributed by atoms with Crippen molar-refractivity contribution < 1.29 is 0 Å². The Kier molecular flexibility index (Phi) is 8.72. The highest BCUT2D eigenvalue weighted by Gasteiger charge is 2.04. The van der Waals surface area contributed by atoms with Crippen LogP contribution in [0.1, 0.15) is 33.6 Å². The Hall–Kier alpha value is -0.520. The second-order valence-electron chi connectivity index (χ2n) is 3.49. The van der Waals surface area contributed by atoms with E-state index in [4.69, 9.17) is 6.42 Å². The molecule has 2 nitrogen and oxygen atoms in total. The molecule has 0 aromatic heterocycles. The zero-order valence-corrected chi connectivity index (χ0v) is 9.84. The van der Waals surface area contributed by atoms with Crippen molar-refractivity contribution in [1.29, 1.82) is 0 Å². The van der Waals surface area contributed by atoms with Crippen LogP contribution in [-0.2, 0) is 0 Å². The number of likely N-dealkylation sites (N-methyl/N-ethyl adjacent to an activating group) is 1. The molecule has 0 saturated heterocycles. The molecule has 0 aliphatic carbocycles. The van der Waals surface area contributed by atoms with E-state index in [2.05, 4.69) is 36.9 Å². The summed E-state index contributed by atoms with van der Waals surface area (Å²) in [5, 5.41) is 3.49. The highest BCUT2D eigenvalue weighted by atomic mass is 15.1. The molecule has 82 valence electrons. The first-order valence-corrected chi connectivity index (χ1v) is 5.67. The second-order valence-corrected chi connectivity index (χ2v) is 3.49. The summed E-state index contributed by atoms with van der Waals surface area (Å²) in [5.74, 6) is 2.71. The van der Waals surface area contributed by atoms with Crippen LogP contribution in [0.25, 0.3) is 0 Å². The number of rotatable bonds is 8. The topological polar surface area (TPSA) is 15.3 Å². The van der Waals surface area contributed by atoms with Crippen molar-refractivity contribution in [3.63, 3.8) is 0 Å². The van der Waals surface area contributed by atoms with Crippen molar-refractivity contribution in [2.45, 2.75) is 39.7 Å². The van der Waals surface area contributed by atoms with E-state index in [1.165, 1.54) is 0 Å². The quantitative estimate of drug-likeness (QED) is 0.595. The molecule has 0 saturated carbocycles. The lowest BCUT2D eigenvalue weighted by Gasteiger charge is -2.20. The van der Waals surface area contributed by atoms with Crippen LogP contribution in [0.2, 0.25) is 0 Å². The van der Waals surface area contributed by atoms with E-state index >= 15 is 0 Å². The Bertz CT molecular complexity index is 156. The molecule has 0 aliphatic heterocycles. The van der Waals surface area contributed by atoms with E-state index in [0.717, 1.165) is 39.0 Å². The van der Waals surface area contributed by atoms with Crippen molar-refractivity contribution in [3.8, 4) is 12.3 Å². The van der Waals surface area contributed by atoms with Gasteiger partial charge >= 0.3 is 0 Å². The maximum atomic E-state index is 5.29. The van der Waals surface area contributed by atoms with Crippen molar-refractivity contribution >= 4 is 0 Å². The number of hydrogen-bond acceptors (Lipinski definition) is 2. The Morgan fingerprint density at radius 2 is 1.93 bits per heavy atom. The fourth-order valence-corrected chi connectivity index (χ4v) is 1.47. The Morgan fingerprint density at radius 3 is 2.36 bits per heavy atom. The van der Waals surface area contributed by atoms with E-state index in [0.29, 0.717) is 6.04 Å². The highest BCUT2D eigenvalue weighted by molar-refractivity contribution is 4.89. The number of hydrogen-bond donors (Lipinski definition) is 1. The molecule has 0 bridgehead atoms. The lowest BCUT2D eigenvalue weighted by atomic mass is 10.1. The van der Waals surface area contributed by atoms with Gasteiger partial charge in [-0.3, -0.25) is 0 Å². The molecule has 1 atom stereocenters. The molecule has 0 aromatic carbocycles. The van der Waals surface area contributed by atoms with Crippen LogP contribution in [0.4, 0.5) is 0 Å². The average molecular weight is 196 g/mol. The Morgan fingerprint density at radius 1 is 1.29 bits per heavy atom. The van der Waals surface area contributed by atoms with Gasteiger partial charge < -0.3 is 10.2 Å². The third-order valence-corrected chi connectivity index (χ3v) is 2.61. The van der Waals surface area contributed by atoms with Gasteiger partial charge in [0.2, 0.25) is 0 Å². The molecule has 0 spiro atoms. The maximum absolute atomic E-state index is 5.29. The van der Waals surface area contributed by atoms with Gasteiger partial charge in [-0.2, -0.15) is 0 Å². The van der Waals surface area contributed by atoms with Crippen molar-refractivity contribution in [1.82, 2.24) is 10.2 Å². The van der Waals surface area contributed by atoms with Gasteiger partial charge in [-0.15, -0.1) is 12.3 Å². The summed E-state index contributed by atoms with van der Waals surface area (Å²) >= 11 is 0. The zero-order chi connectivity index (χ0) is 10.8. The minimum Gasteiger partial charge on any atom is -0.312 e. The summed E-state index contributed by atoms with van der Waals surface area (Å²) in [7, 11) is 0. The molecule has 0 heterocycles. The van der Waals surface area contributed by atoms with Crippen LogP contribution in [0.5, 0.6) is 0 Å². The van der Waals surface area contributed by atoms with Gasteiger partial charge in [0.25, 0.3) is 0 Å². The predicted octanol–water partition coefficient (Wildman–Crippen LogP) is 1.72. The third kappa shape index (κ3) is 6.01. The van der Waals surface area contributed by atoms with Crippen molar-refractivity contribution in [3.05, 3.63) is 0 Å². The predicted molar refractivity (Wildman–Crippen MR) is 63.3 cm³/mol. The second kappa shape index (κ2) is 9.05. The molecule has 1 N–H and O–H groups in total. The largest absolute Gasteiger partial charge is 0.312 e. The minimum atomic E-state index is 0.496. The lowest BCUT2D eigenvalue weighted by Crippen LogP contribution is -2.36. The fraction of sp³-hybridized carbons (Fsp3) is 0.833. The van der Waals surface area contributed by atoms with Crippen LogP contribution in [0.3, 0.4) is 0 Å². The summed E-state index contributed by atoms with van der Waals surface area (Å²) in [4.78, 5) is 2.41. The minimum absolute atomic E-state index is 0.496. The van der Waals surface area contributed by atoms with Crippen LogP contribution >= 0.6 is 0 Å². The molecule has 1 unspecified atom stereocenters. The van der Waals surface area contributed by atoms with E-state index < -0.39 is 0 Å². The van der Waals surface area contributed by atoms with E-state index in [-0.39, 0.29) is 0 Å². The molecule has 0 aromatic rings. The third-order valence-electron chi connectivity index (χ3n) is 2.61. The smallest absolute Gasteiger partial charge is 0.0240 e. The molecule has 0 fully saturated rings. The molecule has 0 amide bonds. The van der Waals surface area contributed by atoms with Gasteiger partial charge in [0.15, 0.2) is 0 Å². The summed E-state index contributed by atoms with van der Waals surface area (Å²) in [6.45, 7) is 11.0. The summed E-state index contributed by atoms with van der Waals surface area (Å²) < 4.78 is 0. The molecular weight excluding hydrogens is 172 g/mol.